The molecule has 0 saturated heterocycles. The van der Waals surface area contributed by atoms with E-state index in [9.17, 15) is 18.8 Å². The van der Waals surface area contributed by atoms with E-state index in [0.29, 0.717) is 30.0 Å². The van der Waals surface area contributed by atoms with Crippen LogP contribution in [-0.2, 0) is 14.3 Å². The number of benzene rings is 2. The van der Waals surface area contributed by atoms with Crippen molar-refractivity contribution in [3.63, 3.8) is 0 Å². The highest BCUT2D eigenvalue weighted by molar-refractivity contribution is 5.94. The van der Waals surface area contributed by atoms with Crippen LogP contribution in [0.15, 0.2) is 48.5 Å². The summed E-state index contributed by atoms with van der Waals surface area (Å²) in [6.07, 6.45) is 0.684. The van der Waals surface area contributed by atoms with E-state index >= 15 is 0 Å². The number of carbonyl (C=O) groups excluding carboxylic acids is 3. The van der Waals surface area contributed by atoms with Gasteiger partial charge in [-0.25, -0.2) is 9.18 Å². The number of hydrogen-bond acceptors (Lipinski definition) is 5. The van der Waals surface area contributed by atoms with Crippen LogP contribution in [-0.4, -0.2) is 38.0 Å². The summed E-state index contributed by atoms with van der Waals surface area (Å²) in [7, 11) is 1.28. The molecule has 7 nitrogen and oxygen atoms in total. The van der Waals surface area contributed by atoms with Crippen LogP contribution in [0.3, 0.4) is 0 Å². The molecule has 0 bridgehead atoms. The van der Waals surface area contributed by atoms with Gasteiger partial charge in [-0.1, -0.05) is 0 Å². The van der Waals surface area contributed by atoms with Crippen molar-refractivity contribution in [2.75, 3.05) is 25.6 Å². The van der Waals surface area contributed by atoms with Crippen molar-refractivity contribution in [2.45, 2.75) is 12.8 Å². The lowest BCUT2D eigenvalue weighted by Gasteiger charge is -2.08. The fourth-order valence-electron chi connectivity index (χ4n) is 2.21. The quantitative estimate of drug-likeness (QED) is 0.509. The van der Waals surface area contributed by atoms with Crippen LogP contribution in [0.25, 0.3) is 0 Å². The molecule has 0 saturated carbocycles. The van der Waals surface area contributed by atoms with Gasteiger partial charge in [-0.2, -0.15) is 0 Å². The predicted octanol–water partition coefficient (Wildman–Crippen LogP) is 2.53. The van der Waals surface area contributed by atoms with Gasteiger partial charge >= 0.3 is 5.97 Å². The Morgan fingerprint density at radius 1 is 1.00 bits per heavy atom. The minimum absolute atomic E-state index is 0.189. The van der Waals surface area contributed by atoms with Crippen molar-refractivity contribution in [1.82, 2.24) is 5.32 Å². The van der Waals surface area contributed by atoms with E-state index in [4.69, 9.17) is 4.74 Å². The molecule has 0 aliphatic heterocycles. The minimum Gasteiger partial charge on any atom is -0.482 e. The number of esters is 1. The maximum absolute atomic E-state index is 12.8. The molecule has 0 unspecified atom stereocenters. The van der Waals surface area contributed by atoms with Gasteiger partial charge in [-0.15, -0.1) is 0 Å². The zero-order chi connectivity index (χ0) is 20.4. The zero-order valence-corrected chi connectivity index (χ0v) is 15.4. The standard InChI is InChI=1S/C20H21FN2O5/c1-27-19(25)13-28-17-10-8-16(9-11-17)23-18(24)3-2-12-22-20(26)14-4-6-15(21)7-5-14/h4-11H,2-3,12-13H2,1H3,(H,22,26)(H,23,24). The van der Waals surface area contributed by atoms with Gasteiger partial charge in [0.2, 0.25) is 5.91 Å². The summed E-state index contributed by atoms with van der Waals surface area (Å²) in [6, 6.07) is 11.8. The monoisotopic (exact) mass is 388 g/mol. The highest BCUT2D eigenvalue weighted by Gasteiger charge is 2.07. The molecule has 2 aromatic carbocycles. The Labute approximate surface area is 161 Å². The lowest BCUT2D eigenvalue weighted by Crippen LogP contribution is -2.25. The first-order valence-electron chi connectivity index (χ1n) is 8.61. The van der Waals surface area contributed by atoms with Crippen LogP contribution in [0.1, 0.15) is 23.2 Å². The third-order valence-electron chi connectivity index (χ3n) is 3.70. The summed E-state index contributed by atoms with van der Waals surface area (Å²) < 4.78 is 22.5. The van der Waals surface area contributed by atoms with E-state index in [1.807, 2.05) is 0 Å². The topological polar surface area (TPSA) is 93.7 Å². The molecule has 8 heteroatoms. The molecule has 0 aliphatic carbocycles. The second-order valence-corrected chi connectivity index (χ2v) is 5.80. The fourth-order valence-corrected chi connectivity index (χ4v) is 2.21. The average Bonchev–Trinajstić information content (AvgIpc) is 2.70. The number of rotatable bonds is 9. The molecule has 2 aromatic rings. The Morgan fingerprint density at radius 2 is 1.68 bits per heavy atom. The van der Waals surface area contributed by atoms with E-state index < -0.39 is 11.8 Å². The van der Waals surface area contributed by atoms with Gasteiger partial charge < -0.3 is 20.1 Å². The number of hydrogen-bond donors (Lipinski definition) is 2. The predicted molar refractivity (Wildman–Crippen MR) is 101 cm³/mol. The van der Waals surface area contributed by atoms with Gasteiger partial charge in [-0.05, 0) is 55.0 Å². The summed E-state index contributed by atoms with van der Waals surface area (Å²) in [5, 5.41) is 5.41. The molecule has 0 spiro atoms. The lowest BCUT2D eigenvalue weighted by molar-refractivity contribution is -0.142. The molecule has 2 rings (SSSR count). The Kier molecular flexibility index (Phi) is 7.95. The van der Waals surface area contributed by atoms with Crippen molar-refractivity contribution >= 4 is 23.5 Å². The minimum atomic E-state index is -0.483. The summed E-state index contributed by atoms with van der Waals surface area (Å²) in [4.78, 5) is 34.8. The maximum Gasteiger partial charge on any atom is 0.343 e. The van der Waals surface area contributed by atoms with E-state index in [2.05, 4.69) is 15.4 Å². The van der Waals surface area contributed by atoms with E-state index in [1.165, 1.54) is 31.4 Å². The van der Waals surface area contributed by atoms with Crippen molar-refractivity contribution in [3.05, 3.63) is 59.9 Å². The number of amides is 2. The second kappa shape index (κ2) is 10.7. The molecule has 0 heterocycles. The normalized spacial score (nSPS) is 10.1. The fraction of sp³-hybridized carbons (Fsp3) is 0.250. The summed E-state index contributed by atoms with van der Waals surface area (Å²) in [5.41, 5.74) is 0.950. The molecular formula is C20H21FN2O5. The first kappa shape index (κ1) is 20.9. The second-order valence-electron chi connectivity index (χ2n) is 5.80. The van der Waals surface area contributed by atoms with Crippen molar-refractivity contribution < 1.29 is 28.2 Å². The molecule has 0 fully saturated rings. The van der Waals surface area contributed by atoms with Crippen LogP contribution < -0.4 is 15.4 Å². The molecule has 0 atom stereocenters. The molecule has 2 N–H and O–H groups in total. The SMILES string of the molecule is COC(=O)COc1ccc(NC(=O)CCCNC(=O)c2ccc(F)cc2)cc1. The molecule has 0 aliphatic rings. The highest BCUT2D eigenvalue weighted by atomic mass is 19.1. The first-order chi connectivity index (χ1) is 13.5. The van der Waals surface area contributed by atoms with Crippen LogP contribution in [0.2, 0.25) is 0 Å². The molecule has 0 radical (unpaired) electrons. The molecule has 0 aromatic heterocycles. The molecular weight excluding hydrogens is 367 g/mol. The number of ether oxygens (including phenoxy) is 2. The zero-order valence-electron chi connectivity index (χ0n) is 15.4. The lowest BCUT2D eigenvalue weighted by atomic mass is 10.2. The van der Waals surface area contributed by atoms with Gasteiger partial charge in [0.05, 0.1) is 7.11 Å². The molecule has 2 amide bonds. The van der Waals surface area contributed by atoms with Crippen LogP contribution >= 0.6 is 0 Å². The van der Waals surface area contributed by atoms with Crippen LogP contribution in [0.5, 0.6) is 5.75 Å². The van der Waals surface area contributed by atoms with Gasteiger partial charge in [-0.3, -0.25) is 9.59 Å². The third kappa shape index (κ3) is 7.06. The molecule has 28 heavy (non-hydrogen) atoms. The summed E-state index contributed by atoms with van der Waals surface area (Å²) >= 11 is 0. The Balaban J connectivity index is 1.67. The van der Waals surface area contributed by atoms with Gasteiger partial charge in [0, 0.05) is 24.2 Å². The smallest absolute Gasteiger partial charge is 0.343 e. The van der Waals surface area contributed by atoms with Gasteiger partial charge in [0.1, 0.15) is 11.6 Å². The van der Waals surface area contributed by atoms with Gasteiger partial charge in [0.15, 0.2) is 6.61 Å². The molecule has 148 valence electrons. The number of nitrogens with one attached hydrogen (secondary N) is 2. The highest BCUT2D eigenvalue weighted by Crippen LogP contribution is 2.16. The average molecular weight is 388 g/mol. The first-order valence-corrected chi connectivity index (χ1v) is 8.61. The number of halogens is 1. The summed E-state index contributed by atoms with van der Waals surface area (Å²) in [6.45, 7) is 0.135. The van der Waals surface area contributed by atoms with Crippen LogP contribution in [0.4, 0.5) is 10.1 Å². The van der Waals surface area contributed by atoms with E-state index in [1.54, 1.807) is 24.3 Å². The van der Waals surface area contributed by atoms with Crippen molar-refractivity contribution in [3.8, 4) is 5.75 Å². The maximum atomic E-state index is 12.8. The largest absolute Gasteiger partial charge is 0.482 e. The Hall–Kier alpha value is -3.42. The Morgan fingerprint density at radius 3 is 2.32 bits per heavy atom. The summed E-state index contributed by atoms with van der Waals surface area (Å²) in [5.74, 6) is -0.922. The van der Waals surface area contributed by atoms with Crippen LogP contribution in [0, 0.1) is 5.82 Å². The number of anilines is 1. The van der Waals surface area contributed by atoms with Crippen molar-refractivity contribution in [2.24, 2.45) is 0 Å². The number of methoxy groups -OCH3 is 1. The van der Waals surface area contributed by atoms with Gasteiger partial charge in [0.25, 0.3) is 5.91 Å². The van der Waals surface area contributed by atoms with Crippen molar-refractivity contribution in [1.29, 1.82) is 0 Å². The van der Waals surface area contributed by atoms with E-state index in [0.717, 1.165) is 0 Å². The third-order valence-corrected chi connectivity index (χ3v) is 3.70. The number of carbonyl (C=O) groups is 3. The van der Waals surface area contributed by atoms with E-state index in [-0.39, 0.29) is 24.8 Å². The Bertz CT molecular complexity index is 806.